The molecule has 72 valence electrons. The Morgan fingerprint density at radius 1 is 1.42 bits per heavy atom. The van der Waals surface area contributed by atoms with Crippen LogP contribution in [0.15, 0.2) is 18.7 Å². The first-order valence-electron chi connectivity index (χ1n) is 3.86. The molecule has 4 heteroatoms. The maximum atomic E-state index is 7.57. The summed E-state index contributed by atoms with van der Waals surface area (Å²) in [5.74, 6) is 0. The van der Waals surface area contributed by atoms with Crippen LogP contribution in [0, 0.1) is 0 Å². The van der Waals surface area contributed by atoms with Crippen molar-refractivity contribution in [3.8, 4) is 0 Å². The Hall–Kier alpha value is -0.540. The van der Waals surface area contributed by atoms with Gasteiger partial charge in [0.2, 0.25) is 6.33 Å². The van der Waals surface area contributed by atoms with E-state index in [1.54, 1.807) is 6.92 Å². The molecule has 0 radical (unpaired) electrons. The fourth-order valence-corrected chi connectivity index (χ4v) is 0.689. The zero-order valence-electron chi connectivity index (χ0n) is 7.87. The van der Waals surface area contributed by atoms with Crippen LogP contribution in [-0.4, -0.2) is 16.3 Å². The Bertz CT molecular complexity index is 189. The van der Waals surface area contributed by atoms with Crippen molar-refractivity contribution in [3.05, 3.63) is 18.7 Å². The first kappa shape index (κ1) is 14.0. The number of nitrogens with zero attached hydrogens (tertiary/aromatic N) is 2. The molecule has 0 bridgehead atoms. The fourth-order valence-electron chi connectivity index (χ4n) is 0.689. The van der Waals surface area contributed by atoms with Crippen molar-refractivity contribution in [1.82, 2.24) is 4.57 Å². The molecule has 0 spiro atoms. The maximum absolute atomic E-state index is 7.57. The number of rotatable bonds is 1. The van der Waals surface area contributed by atoms with Gasteiger partial charge in [-0.1, -0.05) is 0 Å². The lowest BCUT2D eigenvalue weighted by molar-refractivity contribution is -0.671. The normalized spacial score (nSPS) is 8.00. The summed E-state index contributed by atoms with van der Waals surface area (Å²) in [7, 11) is 2.02. The second-order valence-electron chi connectivity index (χ2n) is 2.23. The van der Waals surface area contributed by atoms with E-state index in [-0.39, 0.29) is 19.0 Å². The van der Waals surface area contributed by atoms with Gasteiger partial charge in [0.1, 0.15) is 12.4 Å². The zero-order chi connectivity index (χ0) is 8.69. The van der Waals surface area contributed by atoms with E-state index in [4.69, 9.17) is 5.11 Å². The van der Waals surface area contributed by atoms with Gasteiger partial charge in [0.25, 0.3) is 0 Å². The molecule has 1 rings (SSSR count). The summed E-state index contributed by atoms with van der Waals surface area (Å²) in [6.07, 6.45) is 6.14. The largest absolute Gasteiger partial charge is 1.00 e. The van der Waals surface area contributed by atoms with Gasteiger partial charge in [0, 0.05) is 6.61 Å². The molecule has 1 N–H and O–H groups in total. The third-order valence-electron chi connectivity index (χ3n) is 1.19. The number of halogens is 1. The van der Waals surface area contributed by atoms with E-state index in [2.05, 4.69) is 24.0 Å². The van der Waals surface area contributed by atoms with E-state index in [0.29, 0.717) is 0 Å². The fraction of sp³-hybridized carbons (Fsp3) is 0.625. The van der Waals surface area contributed by atoms with Crippen molar-refractivity contribution in [1.29, 1.82) is 0 Å². The highest BCUT2D eigenvalue weighted by Crippen LogP contribution is 1.79. The minimum absolute atomic E-state index is 0. The molecular formula is C8H17ClN2O. The minimum Gasteiger partial charge on any atom is -1.00 e. The van der Waals surface area contributed by atoms with Gasteiger partial charge in [-0.3, -0.25) is 0 Å². The smallest absolute Gasteiger partial charge is 0.243 e. The molecule has 0 aromatic carbocycles. The molecule has 1 aromatic rings. The number of hydrogen-bond acceptors (Lipinski definition) is 1. The molecule has 0 saturated carbocycles. The number of imidazole rings is 1. The average Bonchev–Trinajstić information content (AvgIpc) is 2.37. The van der Waals surface area contributed by atoms with Crippen LogP contribution in [-0.2, 0) is 13.6 Å². The Kier molecular flexibility index (Phi) is 9.99. The minimum atomic E-state index is 0. The molecule has 0 fully saturated rings. The van der Waals surface area contributed by atoms with Gasteiger partial charge in [-0.05, 0) is 13.8 Å². The van der Waals surface area contributed by atoms with E-state index in [1.807, 2.05) is 17.8 Å². The molecule has 0 aliphatic rings. The first-order chi connectivity index (χ1) is 5.24. The molecule has 1 heterocycles. The van der Waals surface area contributed by atoms with Gasteiger partial charge in [0.05, 0.1) is 13.6 Å². The van der Waals surface area contributed by atoms with E-state index in [1.165, 1.54) is 0 Å². The van der Waals surface area contributed by atoms with Crippen molar-refractivity contribution in [2.45, 2.75) is 20.4 Å². The number of aromatic nitrogens is 2. The molecule has 12 heavy (non-hydrogen) atoms. The zero-order valence-corrected chi connectivity index (χ0v) is 8.62. The summed E-state index contributed by atoms with van der Waals surface area (Å²) in [5, 5.41) is 7.57. The Balaban J connectivity index is 0. The van der Waals surface area contributed by atoms with Crippen LogP contribution in [0.3, 0.4) is 0 Å². The van der Waals surface area contributed by atoms with Crippen molar-refractivity contribution in [3.63, 3.8) is 0 Å². The Morgan fingerprint density at radius 2 is 1.92 bits per heavy atom. The Morgan fingerprint density at radius 3 is 2.08 bits per heavy atom. The highest BCUT2D eigenvalue weighted by molar-refractivity contribution is 4.63. The third kappa shape index (κ3) is 6.19. The lowest BCUT2D eigenvalue weighted by Crippen LogP contribution is -3.00. The lowest BCUT2D eigenvalue weighted by Gasteiger charge is -1.81. The van der Waals surface area contributed by atoms with Crippen molar-refractivity contribution < 1.29 is 22.1 Å². The van der Waals surface area contributed by atoms with Crippen LogP contribution in [0.4, 0.5) is 0 Å². The number of aliphatic hydroxyl groups is 1. The molecule has 0 aliphatic carbocycles. The number of aliphatic hydroxyl groups excluding tert-OH is 1. The van der Waals surface area contributed by atoms with Crippen molar-refractivity contribution >= 4 is 0 Å². The van der Waals surface area contributed by atoms with Crippen LogP contribution < -0.4 is 17.0 Å². The van der Waals surface area contributed by atoms with Crippen LogP contribution in [0.5, 0.6) is 0 Å². The molecule has 0 saturated heterocycles. The van der Waals surface area contributed by atoms with Crippen molar-refractivity contribution in [2.24, 2.45) is 7.05 Å². The van der Waals surface area contributed by atoms with Crippen LogP contribution in [0.25, 0.3) is 0 Å². The molecule has 1 aromatic heterocycles. The van der Waals surface area contributed by atoms with Gasteiger partial charge in [-0.2, -0.15) is 0 Å². The van der Waals surface area contributed by atoms with Crippen molar-refractivity contribution in [2.75, 3.05) is 6.61 Å². The maximum Gasteiger partial charge on any atom is 0.243 e. The Labute approximate surface area is 80.1 Å². The van der Waals surface area contributed by atoms with Crippen LogP contribution >= 0.6 is 0 Å². The summed E-state index contributed by atoms with van der Waals surface area (Å²) < 4.78 is 4.16. The van der Waals surface area contributed by atoms with Crippen LogP contribution in [0.1, 0.15) is 13.8 Å². The molecule has 3 nitrogen and oxygen atoms in total. The second-order valence-corrected chi connectivity index (χ2v) is 2.23. The quantitative estimate of drug-likeness (QED) is 0.484. The number of aryl methyl sites for hydroxylation is 2. The highest BCUT2D eigenvalue weighted by Gasteiger charge is 1.92. The summed E-state index contributed by atoms with van der Waals surface area (Å²) >= 11 is 0. The molecule has 0 amide bonds. The summed E-state index contributed by atoms with van der Waals surface area (Å²) in [6, 6.07) is 0. The van der Waals surface area contributed by atoms with E-state index in [9.17, 15) is 0 Å². The molecular weight excluding hydrogens is 176 g/mol. The van der Waals surface area contributed by atoms with Gasteiger partial charge in [-0.25, -0.2) is 9.13 Å². The lowest BCUT2D eigenvalue weighted by atomic mass is 10.7. The third-order valence-corrected chi connectivity index (χ3v) is 1.19. The molecule has 0 atom stereocenters. The second kappa shape index (κ2) is 8.56. The van der Waals surface area contributed by atoms with Gasteiger partial charge >= 0.3 is 0 Å². The van der Waals surface area contributed by atoms with E-state index in [0.717, 1.165) is 6.54 Å². The van der Waals surface area contributed by atoms with Crippen LogP contribution in [0.2, 0.25) is 0 Å². The summed E-state index contributed by atoms with van der Waals surface area (Å²) in [6.45, 7) is 5.11. The first-order valence-corrected chi connectivity index (χ1v) is 3.86. The van der Waals surface area contributed by atoms with E-state index < -0.39 is 0 Å². The average molecular weight is 193 g/mol. The monoisotopic (exact) mass is 192 g/mol. The van der Waals surface area contributed by atoms with Gasteiger partial charge < -0.3 is 17.5 Å². The predicted molar refractivity (Wildman–Crippen MR) is 44.0 cm³/mol. The summed E-state index contributed by atoms with van der Waals surface area (Å²) in [4.78, 5) is 0. The SMILES string of the molecule is CCO.CCn1cc[n+](C)c1.[Cl-]. The molecule has 0 unspecified atom stereocenters. The summed E-state index contributed by atoms with van der Waals surface area (Å²) in [5.41, 5.74) is 0. The standard InChI is InChI=1S/C6H11N2.C2H6O.ClH/c1-3-8-5-4-7(2)6-8;1-2-3;/h4-6H,3H2,1-2H3;3H,2H2,1H3;1H/q+1;;/p-1. The van der Waals surface area contributed by atoms with Gasteiger partial charge in [-0.15, -0.1) is 0 Å². The topological polar surface area (TPSA) is 29.0 Å². The number of hydrogen-bond donors (Lipinski definition) is 1. The predicted octanol–water partition coefficient (Wildman–Crippen LogP) is -2.66. The van der Waals surface area contributed by atoms with E-state index >= 15 is 0 Å². The molecule has 0 aliphatic heterocycles. The highest BCUT2D eigenvalue weighted by atomic mass is 35.5. The van der Waals surface area contributed by atoms with Gasteiger partial charge in [0.15, 0.2) is 0 Å².